The molecule has 0 bridgehead atoms. The van der Waals surface area contributed by atoms with Crippen LogP contribution in [0, 0.1) is 0 Å². The standard InChI is InChI=1S/C29H41N7O7S/c1-4-5-6-24-33-26-21-17-20(7-8-22(21)32-28(30)27(26)34-24)36(3)13-11-35(12-14-36)29(39)23(18-44(40,41)42)31-25(38)10-16-43-15-9-19(2)37/h7-8,17,23H,4-6,9-16,18H2,1-3H3,(H4-,30,31,32,33,34,38,40,41,42)/p+1. The Morgan fingerprint density at radius 1 is 1.18 bits per heavy atom. The molecule has 1 fully saturated rings. The van der Waals surface area contributed by atoms with E-state index in [4.69, 9.17) is 15.5 Å². The van der Waals surface area contributed by atoms with E-state index >= 15 is 0 Å². The van der Waals surface area contributed by atoms with Crippen molar-refractivity contribution in [2.45, 2.75) is 52.0 Å². The number of hydrogen-bond acceptors (Lipinski definition) is 9. The zero-order valence-electron chi connectivity index (χ0n) is 25.5. The van der Waals surface area contributed by atoms with Crippen molar-refractivity contribution in [1.82, 2.24) is 29.7 Å². The Kier molecular flexibility index (Phi) is 10.6. The smallest absolute Gasteiger partial charge is 0.267 e. The topological polar surface area (TPSA) is 198 Å². The number of aryl methyl sites for hydroxylation is 1. The first-order valence-corrected chi connectivity index (χ1v) is 16.4. The highest BCUT2D eigenvalue weighted by Gasteiger charge is 2.37. The number of ketones is 1. The molecule has 240 valence electrons. The fourth-order valence-corrected chi connectivity index (χ4v) is 5.99. The number of quaternary nitrogens is 1. The van der Waals surface area contributed by atoms with Crippen molar-refractivity contribution in [2.75, 3.05) is 57.9 Å². The van der Waals surface area contributed by atoms with E-state index in [-0.39, 0.29) is 31.8 Å². The van der Waals surface area contributed by atoms with Gasteiger partial charge >= 0.3 is 0 Å². The van der Waals surface area contributed by atoms with Crippen LogP contribution in [-0.2, 0) is 35.7 Å². The number of nitrogens with zero attached hydrogens (tertiary/aromatic N) is 4. The maximum atomic E-state index is 13.4. The fourth-order valence-electron chi connectivity index (χ4n) is 5.34. The van der Waals surface area contributed by atoms with Gasteiger partial charge in [-0.1, -0.05) is 13.3 Å². The first-order valence-electron chi connectivity index (χ1n) is 14.8. The lowest BCUT2D eigenvalue weighted by atomic mass is 10.1. The van der Waals surface area contributed by atoms with Gasteiger partial charge in [-0.15, -0.1) is 0 Å². The second-order valence-corrected chi connectivity index (χ2v) is 13.1. The van der Waals surface area contributed by atoms with Crippen LogP contribution in [-0.4, -0.2) is 109 Å². The number of Topliss-reactive ketones (excluding diaryl/α,β-unsaturated/α-hetero) is 1. The van der Waals surface area contributed by atoms with Gasteiger partial charge < -0.3 is 25.7 Å². The molecule has 1 saturated heterocycles. The van der Waals surface area contributed by atoms with Crippen LogP contribution in [0.1, 0.15) is 45.4 Å². The van der Waals surface area contributed by atoms with E-state index in [1.807, 2.05) is 12.1 Å². The third kappa shape index (κ3) is 8.28. The maximum Gasteiger partial charge on any atom is 0.267 e. The van der Waals surface area contributed by atoms with Gasteiger partial charge in [-0.3, -0.25) is 23.4 Å². The molecule has 1 atom stereocenters. The number of ether oxygens (including phenoxy) is 1. The molecule has 1 aliphatic rings. The molecule has 0 radical (unpaired) electrons. The zero-order chi connectivity index (χ0) is 32.1. The van der Waals surface area contributed by atoms with Crippen molar-refractivity contribution < 1.29 is 32.1 Å². The SMILES string of the molecule is CCCCc1nc2c([nH]1)c(N)nc1ccc([N+]3(C)CCN(C(=O)C(CS(=O)(=O)O)NC(=O)CCOCCC(C)=O)CC3)cc12. The monoisotopic (exact) mass is 632 g/mol. The number of rotatable bonds is 14. The molecular weight excluding hydrogens is 590 g/mol. The number of nitrogens with two attached hydrogens (primary N) is 1. The zero-order valence-corrected chi connectivity index (χ0v) is 26.3. The van der Waals surface area contributed by atoms with Crippen molar-refractivity contribution in [3.63, 3.8) is 0 Å². The maximum absolute atomic E-state index is 13.4. The lowest BCUT2D eigenvalue weighted by Crippen LogP contribution is -2.62. The van der Waals surface area contributed by atoms with E-state index in [0.717, 1.165) is 47.2 Å². The van der Waals surface area contributed by atoms with Crippen LogP contribution in [0.5, 0.6) is 0 Å². The van der Waals surface area contributed by atoms with Gasteiger partial charge in [0.25, 0.3) is 10.1 Å². The molecule has 0 spiro atoms. The molecule has 15 heteroatoms. The average molecular weight is 633 g/mol. The molecule has 0 aliphatic carbocycles. The summed E-state index contributed by atoms with van der Waals surface area (Å²) in [4.78, 5) is 51.1. The lowest BCUT2D eigenvalue weighted by molar-refractivity contribution is -0.137. The van der Waals surface area contributed by atoms with Crippen molar-refractivity contribution in [2.24, 2.45) is 0 Å². The summed E-state index contributed by atoms with van der Waals surface area (Å²) in [5, 5.41) is 3.31. The molecule has 1 unspecified atom stereocenters. The highest BCUT2D eigenvalue weighted by Crippen LogP contribution is 2.32. The second kappa shape index (κ2) is 14.0. The molecule has 3 aromatic rings. The van der Waals surface area contributed by atoms with Gasteiger partial charge in [0.15, 0.2) is 0 Å². The van der Waals surface area contributed by atoms with E-state index in [0.29, 0.717) is 42.0 Å². The molecule has 3 heterocycles. The molecule has 1 aromatic carbocycles. The van der Waals surface area contributed by atoms with Crippen molar-refractivity contribution in [3.8, 4) is 0 Å². The van der Waals surface area contributed by atoms with Crippen molar-refractivity contribution >= 4 is 61.2 Å². The molecule has 1 aliphatic heterocycles. The quantitative estimate of drug-likeness (QED) is 0.115. The van der Waals surface area contributed by atoms with Crippen LogP contribution in [0.4, 0.5) is 11.5 Å². The number of likely N-dealkylation sites (N-methyl/N-ethyl adjacent to an activating group) is 1. The Labute approximate surface area is 256 Å². The summed E-state index contributed by atoms with van der Waals surface area (Å²) in [6.07, 6.45) is 2.96. The number of imidazole rings is 1. The minimum absolute atomic E-state index is 0.00392. The Balaban J connectivity index is 1.45. The summed E-state index contributed by atoms with van der Waals surface area (Å²) < 4.78 is 38.6. The Hall–Kier alpha value is -3.66. The third-order valence-corrected chi connectivity index (χ3v) is 8.75. The fraction of sp³-hybridized carbons (Fsp3) is 0.552. The van der Waals surface area contributed by atoms with Gasteiger partial charge in [-0.05, 0) is 19.4 Å². The number of aromatic amines is 1. The summed E-state index contributed by atoms with van der Waals surface area (Å²) >= 11 is 0. The molecular formula is C29H42N7O7S+. The summed E-state index contributed by atoms with van der Waals surface area (Å²) in [7, 11) is -2.50. The first-order chi connectivity index (χ1) is 20.8. The summed E-state index contributed by atoms with van der Waals surface area (Å²) in [5.74, 6) is -0.899. The third-order valence-electron chi connectivity index (χ3n) is 8.00. The molecule has 2 amide bonds. The van der Waals surface area contributed by atoms with Crippen LogP contribution < -0.4 is 15.5 Å². The number of carbonyl (C=O) groups excluding carboxylic acids is 3. The average Bonchev–Trinajstić information content (AvgIpc) is 3.40. The number of carbonyl (C=O) groups is 3. The Morgan fingerprint density at radius 3 is 2.55 bits per heavy atom. The highest BCUT2D eigenvalue weighted by atomic mass is 32.2. The van der Waals surface area contributed by atoms with Crippen LogP contribution in [0.25, 0.3) is 21.9 Å². The lowest BCUT2D eigenvalue weighted by Gasteiger charge is -2.42. The van der Waals surface area contributed by atoms with Crippen LogP contribution in [0.3, 0.4) is 0 Å². The number of hydrogen-bond donors (Lipinski definition) is 4. The van der Waals surface area contributed by atoms with Gasteiger partial charge in [0.1, 0.15) is 59.0 Å². The van der Waals surface area contributed by atoms with Crippen LogP contribution in [0.2, 0.25) is 0 Å². The van der Waals surface area contributed by atoms with Crippen LogP contribution in [0.15, 0.2) is 18.2 Å². The van der Waals surface area contributed by atoms with Crippen molar-refractivity contribution in [1.29, 1.82) is 0 Å². The largest absolute Gasteiger partial charge is 0.382 e. The van der Waals surface area contributed by atoms with E-state index in [1.54, 1.807) is 0 Å². The Morgan fingerprint density at radius 2 is 1.89 bits per heavy atom. The molecule has 5 N–H and O–H groups in total. The number of fused-ring (bicyclic) bond motifs is 3. The minimum Gasteiger partial charge on any atom is -0.382 e. The van der Waals surface area contributed by atoms with E-state index in [1.165, 1.54) is 11.8 Å². The second-order valence-electron chi connectivity index (χ2n) is 11.6. The molecule has 0 saturated carbocycles. The number of benzene rings is 1. The van der Waals surface area contributed by atoms with E-state index in [2.05, 4.69) is 35.3 Å². The molecule has 2 aromatic heterocycles. The number of pyridine rings is 1. The number of nitrogens with one attached hydrogen (secondary N) is 2. The Bertz CT molecular complexity index is 1630. The highest BCUT2D eigenvalue weighted by molar-refractivity contribution is 7.85. The number of unbranched alkanes of at least 4 members (excludes halogenated alkanes) is 1. The number of H-pyrrole nitrogens is 1. The van der Waals surface area contributed by atoms with Gasteiger partial charge in [-0.2, -0.15) is 8.42 Å². The van der Waals surface area contributed by atoms with E-state index in [9.17, 15) is 27.4 Å². The number of amides is 2. The van der Waals surface area contributed by atoms with Crippen LogP contribution >= 0.6 is 0 Å². The summed E-state index contributed by atoms with van der Waals surface area (Å²) in [6, 6.07) is 4.52. The van der Waals surface area contributed by atoms with Gasteiger partial charge in [0.2, 0.25) is 11.8 Å². The summed E-state index contributed by atoms with van der Waals surface area (Å²) in [6.45, 7) is 5.39. The van der Waals surface area contributed by atoms with Crippen molar-refractivity contribution in [3.05, 3.63) is 24.0 Å². The number of piperazine rings is 1. The molecule has 4 rings (SSSR count). The first kappa shape index (κ1) is 33.2. The number of anilines is 1. The predicted molar refractivity (Wildman–Crippen MR) is 168 cm³/mol. The van der Waals surface area contributed by atoms with E-state index < -0.39 is 33.7 Å². The number of aromatic nitrogens is 3. The summed E-state index contributed by atoms with van der Waals surface area (Å²) in [5.41, 5.74) is 9.46. The van der Waals surface area contributed by atoms with Gasteiger partial charge in [0, 0.05) is 36.8 Å². The number of nitrogen functional groups attached to an aromatic ring is 1. The predicted octanol–water partition coefficient (Wildman–Crippen LogP) is 1.57. The molecule has 44 heavy (non-hydrogen) atoms. The van der Waals surface area contributed by atoms with Gasteiger partial charge in [-0.25, -0.2) is 9.97 Å². The molecule has 14 nitrogen and oxygen atoms in total. The minimum atomic E-state index is -4.56. The van der Waals surface area contributed by atoms with Gasteiger partial charge in [0.05, 0.1) is 38.9 Å². The normalized spacial score (nSPS) is 15.9.